The van der Waals surface area contributed by atoms with Gasteiger partial charge in [0.25, 0.3) is 10.0 Å². The Bertz CT molecular complexity index is 694. The number of rotatable bonds is 5. The summed E-state index contributed by atoms with van der Waals surface area (Å²) in [5.74, 6) is 0.474. The van der Waals surface area contributed by atoms with Crippen LogP contribution in [0.3, 0.4) is 0 Å². The van der Waals surface area contributed by atoms with Gasteiger partial charge in [0, 0.05) is 10.2 Å². The van der Waals surface area contributed by atoms with E-state index in [9.17, 15) is 8.42 Å². The van der Waals surface area contributed by atoms with Gasteiger partial charge in [-0.1, -0.05) is 41.9 Å². The number of hydrogen-bond donors (Lipinski definition) is 1. The van der Waals surface area contributed by atoms with Gasteiger partial charge < -0.3 is 0 Å². The van der Waals surface area contributed by atoms with Crippen molar-refractivity contribution in [3.63, 3.8) is 0 Å². The van der Waals surface area contributed by atoms with Crippen LogP contribution in [0.5, 0.6) is 0 Å². The van der Waals surface area contributed by atoms with E-state index >= 15 is 0 Å². The molecule has 21 heavy (non-hydrogen) atoms. The Hall–Kier alpha value is -1.33. The number of sulfonamides is 1. The molecule has 0 aliphatic carbocycles. The van der Waals surface area contributed by atoms with Crippen LogP contribution in [0.15, 0.2) is 57.9 Å². The molecule has 0 saturated heterocycles. The van der Waals surface area contributed by atoms with Gasteiger partial charge in [0.05, 0.1) is 4.90 Å². The zero-order valence-electron chi connectivity index (χ0n) is 12.0. The maximum absolute atomic E-state index is 12.3. The summed E-state index contributed by atoms with van der Waals surface area (Å²) < 4.78 is 28.0. The highest BCUT2D eigenvalue weighted by Crippen LogP contribution is 2.22. The summed E-state index contributed by atoms with van der Waals surface area (Å²) in [6.45, 7) is 4.29. The fourth-order valence-corrected chi connectivity index (χ4v) is 3.27. The monoisotopic (exact) mass is 367 g/mol. The van der Waals surface area contributed by atoms with E-state index in [4.69, 9.17) is 0 Å². The van der Waals surface area contributed by atoms with Crippen molar-refractivity contribution in [2.24, 2.45) is 0 Å². The summed E-state index contributed by atoms with van der Waals surface area (Å²) in [6, 6.07) is 14.1. The molecule has 0 spiro atoms. The first-order chi connectivity index (χ1) is 9.92. The van der Waals surface area contributed by atoms with E-state index in [0.29, 0.717) is 11.6 Å². The largest absolute Gasteiger partial charge is 0.280 e. The van der Waals surface area contributed by atoms with Gasteiger partial charge in [-0.25, -0.2) is 8.42 Å². The first kappa shape index (κ1) is 16.0. The van der Waals surface area contributed by atoms with Crippen molar-refractivity contribution < 1.29 is 8.42 Å². The second-order valence-electron chi connectivity index (χ2n) is 4.99. The molecule has 2 aromatic carbocycles. The standard InChI is InChI=1S/C16H18BrNO2S/c1-3-12(2)13-4-8-15(9-5-13)18-21(19,20)16-10-6-14(17)7-11-16/h4-12,18H,3H2,1-2H3. The van der Waals surface area contributed by atoms with Crippen LogP contribution in [-0.2, 0) is 10.0 Å². The first-order valence-electron chi connectivity index (χ1n) is 6.80. The second kappa shape index (κ2) is 6.62. The molecule has 1 N–H and O–H groups in total. The molecule has 0 heterocycles. The lowest BCUT2D eigenvalue weighted by atomic mass is 9.99. The van der Waals surface area contributed by atoms with E-state index in [1.54, 1.807) is 36.4 Å². The Kier molecular flexibility index (Phi) is 5.06. The predicted octanol–water partition coefficient (Wildman–Crippen LogP) is 4.76. The van der Waals surface area contributed by atoms with Gasteiger partial charge in [-0.05, 0) is 54.3 Å². The van der Waals surface area contributed by atoms with Crippen LogP contribution < -0.4 is 4.72 Å². The molecule has 1 atom stereocenters. The highest BCUT2D eigenvalue weighted by Gasteiger charge is 2.14. The summed E-state index contributed by atoms with van der Waals surface area (Å²) in [6.07, 6.45) is 1.06. The Balaban J connectivity index is 2.19. The van der Waals surface area contributed by atoms with Crippen molar-refractivity contribution in [2.45, 2.75) is 31.1 Å². The van der Waals surface area contributed by atoms with E-state index in [0.717, 1.165) is 10.9 Å². The summed E-state index contributed by atoms with van der Waals surface area (Å²) >= 11 is 3.29. The SMILES string of the molecule is CCC(C)c1ccc(NS(=O)(=O)c2ccc(Br)cc2)cc1. The third-order valence-corrected chi connectivity index (χ3v) is 5.39. The van der Waals surface area contributed by atoms with Gasteiger partial charge in [0.1, 0.15) is 0 Å². The van der Waals surface area contributed by atoms with Gasteiger partial charge in [-0.3, -0.25) is 4.72 Å². The normalized spacial score (nSPS) is 12.9. The quantitative estimate of drug-likeness (QED) is 0.827. The molecule has 0 amide bonds. The smallest absolute Gasteiger partial charge is 0.261 e. The van der Waals surface area contributed by atoms with E-state index in [1.807, 2.05) is 12.1 Å². The molecule has 1 unspecified atom stereocenters. The zero-order valence-corrected chi connectivity index (χ0v) is 14.4. The van der Waals surface area contributed by atoms with Crippen molar-refractivity contribution >= 4 is 31.6 Å². The minimum Gasteiger partial charge on any atom is -0.280 e. The summed E-state index contributed by atoms with van der Waals surface area (Å²) in [4.78, 5) is 0.247. The highest BCUT2D eigenvalue weighted by molar-refractivity contribution is 9.10. The molecule has 0 saturated carbocycles. The Morgan fingerprint density at radius 1 is 1.05 bits per heavy atom. The van der Waals surface area contributed by atoms with Crippen molar-refractivity contribution in [3.05, 3.63) is 58.6 Å². The molecule has 2 rings (SSSR count). The average Bonchev–Trinajstić information content (AvgIpc) is 2.47. The van der Waals surface area contributed by atoms with Crippen LogP contribution in [0.25, 0.3) is 0 Å². The van der Waals surface area contributed by atoms with Gasteiger partial charge in [-0.2, -0.15) is 0 Å². The summed E-state index contributed by atoms with van der Waals surface area (Å²) in [5, 5.41) is 0. The van der Waals surface area contributed by atoms with Crippen LogP contribution >= 0.6 is 15.9 Å². The third-order valence-electron chi connectivity index (χ3n) is 3.47. The van der Waals surface area contributed by atoms with E-state index in [1.165, 1.54) is 5.56 Å². The molecule has 0 aliphatic rings. The fraction of sp³-hybridized carbons (Fsp3) is 0.250. The van der Waals surface area contributed by atoms with Crippen LogP contribution in [0.4, 0.5) is 5.69 Å². The molecular weight excluding hydrogens is 350 g/mol. The lowest BCUT2D eigenvalue weighted by Crippen LogP contribution is -2.12. The van der Waals surface area contributed by atoms with Crippen LogP contribution in [0.2, 0.25) is 0 Å². The second-order valence-corrected chi connectivity index (χ2v) is 7.59. The highest BCUT2D eigenvalue weighted by atomic mass is 79.9. The Labute approximate surface area is 134 Å². The Morgan fingerprint density at radius 3 is 2.14 bits per heavy atom. The number of nitrogens with one attached hydrogen (secondary N) is 1. The molecule has 5 heteroatoms. The molecular formula is C16H18BrNO2S. The predicted molar refractivity (Wildman–Crippen MR) is 90.1 cm³/mol. The molecule has 0 fully saturated rings. The number of hydrogen-bond acceptors (Lipinski definition) is 2. The van der Waals surface area contributed by atoms with Crippen LogP contribution in [0, 0.1) is 0 Å². The zero-order chi connectivity index (χ0) is 15.5. The van der Waals surface area contributed by atoms with Gasteiger partial charge in [0.15, 0.2) is 0 Å². The summed E-state index contributed by atoms with van der Waals surface area (Å²) in [5.41, 5.74) is 1.79. The lowest BCUT2D eigenvalue weighted by Gasteiger charge is -2.11. The van der Waals surface area contributed by atoms with Crippen molar-refractivity contribution in [2.75, 3.05) is 4.72 Å². The number of benzene rings is 2. The lowest BCUT2D eigenvalue weighted by molar-refractivity contribution is 0.601. The van der Waals surface area contributed by atoms with Crippen LogP contribution in [0.1, 0.15) is 31.7 Å². The molecule has 0 aliphatic heterocycles. The minimum absolute atomic E-state index is 0.247. The van der Waals surface area contributed by atoms with E-state index < -0.39 is 10.0 Å². The molecule has 0 bridgehead atoms. The topological polar surface area (TPSA) is 46.2 Å². The maximum atomic E-state index is 12.3. The van der Waals surface area contributed by atoms with Crippen molar-refractivity contribution in [1.82, 2.24) is 0 Å². The molecule has 0 aromatic heterocycles. The van der Waals surface area contributed by atoms with Crippen molar-refractivity contribution in [3.8, 4) is 0 Å². The van der Waals surface area contributed by atoms with Gasteiger partial charge in [-0.15, -0.1) is 0 Å². The minimum atomic E-state index is -3.54. The maximum Gasteiger partial charge on any atom is 0.261 e. The average molecular weight is 368 g/mol. The van der Waals surface area contributed by atoms with E-state index in [-0.39, 0.29) is 4.90 Å². The van der Waals surface area contributed by atoms with Gasteiger partial charge >= 0.3 is 0 Å². The molecule has 2 aromatic rings. The van der Waals surface area contributed by atoms with Crippen LogP contribution in [-0.4, -0.2) is 8.42 Å². The number of anilines is 1. The molecule has 3 nitrogen and oxygen atoms in total. The third kappa shape index (κ3) is 4.08. The first-order valence-corrected chi connectivity index (χ1v) is 9.08. The fourth-order valence-electron chi connectivity index (χ4n) is 1.94. The Morgan fingerprint density at radius 2 is 1.62 bits per heavy atom. The summed E-state index contributed by atoms with van der Waals surface area (Å²) in [7, 11) is -3.54. The van der Waals surface area contributed by atoms with Crippen molar-refractivity contribution in [1.29, 1.82) is 0 Å². The molecule has 112 valence electrons. The van der Waals surface area contributed by atoms with E-state index in [2.05, 4.69) is 34.5 Å². The van der Waals surface area contributed by atoms with Gasteiger partial charge in [0.2, 0.25) is 0 Å². The number of halogens is 1. The molecule has 0 radical (unpaired) electrons.